The molecule has 0 aliphatic carbocycles. The summed E-state index contributed by atoms with van der Waals surface area (Å²) in [7, 11) is 0. The third-order valence-electron chi connectivity index (χ3n) is 4.72. The fraction of sp³-hybridized carbons (Fsp3) is 0.480. The Morgan fingerprint density at radius 3 is 2.45 bits per heavy atom. The van der Waals surface area contributed by atoms with Crippen molar-refractivity contribution in [1.82, 2.24) is 15.1 Å². The van der Waals surface area contributed by atoms with E-state index in [1.54, 1.807) is 13.8 Å². The van der Waals surface area contributed by atoms with Gasteiger partial charge in [0.1, 0.15) is 11.6 Å². The molecule has 0 atom stereocenters. The highest BCUT2D eigenvalue weighted by molar-refractivity contribution is 5.74. The van der Waals surface area contributed by atoms with Crippen molar-refractivity contribution in [3.63, 3.8) is 0 Å². The average Bonchev–Trinajstić information content (AvgIpc) is 2.83. The first-order chi connectivity index (χ1) is 18.3. The van der Waals surface area contributed by atoms with Crippen molar-refractivity contribution in [3.8, 4) is 5.75 Å². The van der Waals surface area contributed by atoms with Crippen LogP contribution in [0.4, 0.5) is 9.18 Å². The molecule has 5 nitrogen and oxygen atoms in total. The van der Waals surface area contributed by atoms with Crippen LogP contribution < -0.4 is 10.1 Å². The first kappa shape index (κ1) is 13.7. The van der Waals surface area contributed by atoms with Crippen molar-refractivity contribution < 1.29 is 26.3 Å². The number of carbonyl (C=O) groups is 1. The molecular weight excluding hydrogens is 393 g/mol. The zero-order chi connectivity index (χ0) is 30.1. The molecule has 3 rings (SSSR count). The van der Waals surface area contributed by atoms with Gasteiger partial charge in [-0.05, 0) is 74.2 Å². The number of piperidine rings is 1. The molecule has 0 bridgehead atoms. The van der Waals surface area contributed by atoms with Crippen LogP contribution in [0, 0.1) is 11.7 Å². The lowest BCUT2D eigenvalue weighted by molar-refractivity contribution is 0.127. The minimum absolute atomic E-state index is 0.0119. The van der Waals surface area contributed by atoms with E-state index in [9.17, 15) is 9.18 Å². The SMILES string of the molecule is [2H]C([2H])(NC(=O)N(C1CCN(C([2H])([2H])[2H])CC1)C([2H])([2H])c1ccc(F)cc1)c1ccc(OC([2H])([2H])C(C)C)cc1. The summed E-state index contributed by atoms with van der Waals surface area (Å²) in [5, 5.41) is 2.25. The number of urea groups is 1. The minimum atomic E-state index is -2.49. The molecule has 2 amide bonds. The summed E-state index contributed by atoms with van der Waals surface area (Å²) in [6, 6.07) is 8.10. The molecule has 2 aromatic rings. The maximum absolute atomic E-state index is 13.6. The van der Waals surface area contributed by atoms with Crippen LogP contribution in [-0.4, -0.2) is 48.5 Å². The Labute approximate surface area is 197 Å². The van der Waals surface area contributed by atoms with Gasteiger partial charge in [0.2, 0.25) is 0 Å². The molecular formula is C25H34FN3O2. The Morgan fingerprint density at radius 2 is 1.84 bits per heavy atom. The smallest absolute Gasteiger partial charge is 0.318 e. The van der Waals surface area contributed by atoms with Crippen molar-refractivity contribution in [2.75, 3.05) is 26.6 Å². The van der Waals surface area contributed by atoms with Crippen molar-refractivity contribution in [1.29, 1.82) is 0 Å². The molecule has 2 aromatic carbocycles. The topological polar surface area (TPSA) is 44.8 Å². The standard InChI is InChI=1S/C25H34FN3O2/c1-19(2)18-31-24-10-6-20(7-11-24)16-27-25(30)29(23-12-14-28(3)15-13-23)17-21-4-8-22(26)9-5-21/h4-11,19,23H,12-18H2,1-3H3,(H,27,30)/i3D3,16D2,17D2,18D2. The summed E-state index contributed by atoms with van der Waals surface area (Å²) in [6.45, 7) is -5.78. The molecule has 0 unspecified atom stereocenters. The zero-order valence-electron chi connectivity index (χ0n) is 26.7. The monoisotopic (exact) mass is 436 g/mol. The fourth-order valence-electron chi connectivity index (χ4n) is 3.07. The highest BCUT2D eigenvalue weighted by Crippen LogP contribution is 2.19. The van der Waals surface area contributed by atoms with Crippen LogP contribution in [0.2, 0.25) is 0 Å². The Morgan fingerprint density at radius 1 is 1.19 bits per heavy atom. The van der Waals surface area contributed by atoms with Gasteiger partial charge in [-0.25, -0.2) is 9.18 Å². The lowest BCUT2D eigenvalue weighted by atomic mass is 10.0. The molecule has 1 N–H and O–H groups in total. The van der Waals surface area contributed by atoms with E-state index in [2.05, 4.69) is 5.32 Å². The van der Waals surface area contributed by atoms with Gasteiger partial charge in [0.05, 0.1) is 14.8 Å². The largest absolute Gasteiger partial charge is 0.493 e. The number of carbonyl (C=O) groups excluding carboxylic acids is 1. The highest BCUT2D eigenvalue weighted by Gasteiger charge is 2.27. The first-order valence-corrected chi connectivity index (χ1v) is 10.3. The van der Waals surface area contributed by atoms with Gasteiger partial charge in [-0.3, -0.25) is 0 Å². The predicted molar refractivity (Wildman–Crippen MR) is 121 cm³/mol. The molecule has 1 saturated heterocycles. The number of nitrogens with zero attached hydrogens (tertiary/aromatic N) is 2. The summed E-state index contributed by atoms with van der Waals surface area (Å²) < 4.78 is 92.3. The quantitative estimate of drug-likeness (QED) is 0.654. The van der Waals surface area contributed by atoms with Crippen molar-refractivity contribution in [2.24, 2.45) is 5.92 Å². The second kappa shape index (κ2) is 11.1. The maximum atomic E-state index is 13.6. The molecule has 1 aliphatic rings. The Kier molecular flexibility index (Phi) is 4.94. The van der Waals surface area contributed by atoms with Gasteiger partial charge in [0.15, 0.2) is 0 Å². The summed E-state index contributed by atoms with van der Waals surface area (Å²) in [6.07, 6.45) is 0.249. The molecule has 31 heavy (non-hydrogen) atoms. The lowest BCUT2D eigenvalue weighted by Gasteiger charge is -2.37. The number of likely N-dealkylation sites (tertiary alicyclic amines) is 1. The number of nitrogens with one attached hydrogen (secondary N) is 1. The highest BCUT2D eigenvalue weighted by atomic mass is 19.1. The van der Waals surface area contributed by atoms with Crippen LogP contribution >= 0.6 is 0 Å². The van der Waals surface area contributed by atoms with Gasteiger partial charge < -0.3 is 19.9 Å². The fourth-order valence-corrected chi connectivity index (χ4v) is 3.07. The van der Waals surface area contributed by atoms with E-state index >= 15 is 0 Å². The van der Waals surface area contributed by atoms with E-state index in [0.29, 0.717) is 0 Å². The van der Waals surface area contributed by atoms with E-state index in [-0.39, 0.29) is 42.8 Å². The maximum Gasteiger partial charge on any atom is 0.318 e. The second-order valence-corrected chi connectivity index (χ2v) is 7.66. The number of ether oxygens (including phenoxy) is 1. The van der Waals surface area contributed by atoms with Gasteiger partial charge in [0, 0.05) is 23.1 Å². The zero-order valence-corrected chi connectivity index (χ0v) is 17.7. The van der Waals surface area contributed by atoms with Crippen LogP contribution in [0.5, 0.6) is 5.75 Å². The second-order valence-electron chi connectivity index (χ2n) is 7.66. The Hall–Kier alpha value is -2.60. The third-order valence-corrected chi connectivity index (χ3v) is 4.72. The van der Waals surface area contributed by atoms with Crippen molar-refractivity contribution in [2.45, 2.75) is 45.7 Å². The molecule has 1 fully saturated rings. The number of hydrogen-bond donors (Lipinski definition) is 1. The van der Waals surface area contributed by atoms with Crippen LogP contribution in [0.1, 0.15) is 50.2 Å². The summed E-state index contributed by atoms with van der Waals surface area (Å²) in [5.41, 5.74) is -0.0124. The normalized spacial score (nSPS) is 21.2. The first-order valence-electron chi connectivity index (χ1n) is 14.8. The van der Waals surface area contributed by atoms with Crippen molar-refractivity contribution >= 4 is 6.03 Å². The van der Waals surface area contributed by atoms with Gasteiger partial charge in [-0.2, -0.15) is 0 Å². The van der Waals surface area contributed by atoms with Crippen molar-refractivity contribution in [3.05, 3.63) is 65.5 Å². The number of hydrogen-bond acceptors (Lipinski definition) is 3. The molecule has 168 valence electrons. The van der Waals surface area contributed by atoms with Crippen LogP contribution in [-0.2, 0) is 13.0 Å². The lowest BCUT2D eigenvalue weighted by Crippen LogP contribution is -2.49. The number of rotatable bonds is 8. The molecule has 6 heteroatoms. The molecule has 1 heterocycles. The molecule has 0 saturated carbocycles. The molecule has 0 radical (unpaired) electrons. The van der Waals surface area contributed by atoms with E-state index in [1.807, 2.05) is 0 Å². The van der Waals surface area contributed by atoms with E-state index < -0.39 is 50.3 Å². The van der Waals surface area contributed by atoms with Crippen LogP contribution in [0.15, 0.2) is 48.5 Å². The molecule has 0 spiro atoms. The summed E-state index contributed by atoms with van der Waals surface area (Å²) in [4.78, 5) is 15.7. The van der Waals surface area contributed by atoms with E-state index in [0.717, 1.165) is 17.0 Å². The predicted octanol–water partition coefficient (Wildman–Crippen LogP) is 4.67. The Balaban J connectivity index is 1.87. The van der Waals surface area contributed by atoms with Crippen LogP contribution in [0.3, 0.4) is 0 Å². The Bertz CT molecular complexity index is 1150. The minimum Gasteiger partial charge on any atom is -0.493 e. The van der Waals surface area contributed by atoms with E-state index in [4.69, 9.17) is 17.1 Å². The molecule has 0 aromatic heterocycles. The summed E-state index contributed by atoms with van der Waals surface area (Å²) in [5.74, 6) is -0.863. The third kappa shape index (κ3) is 7.24. The van der Waals surface area contributed by atoms with Crippen LogP contribution in [0.25, 0.3) is 0 Å². The number of halogens is 1. The van der Waals surface area contributed by atoms with Gasteiger partial charge in [-0.15, -0.1) is 0 Å². The van der Waals surface area contributed by atoms with Gasteiger partial charge in [-0.1, -0.05) is 38.1 Å². The average molecular weight is 437 g/mol. The molecule has 1 aliphatic heterocycles. The number of benzene rings is 2. The van der Waals surface area contributed by atoms with E-state index in [1.165, 1.54) is 41.3 Å². The summed E-state index contributed by atoms with van der Waals surface area (Å²) >= 11 is 0. The van der Waals surface area contributed by atoms with Gasteiger partial charge >= 0.3 is 6.03 Å². The number of amides is 2. The van der Waals surface area contributed by atoms with Gasteiger partial charge in [0.25, 0.3) is 0 Å².